The van der Waals surface area contributed by atoms with Crippen LogP contribution >= 0.6 is 0 Å². The summed E-state index contributed by atoms with van der Waals surface area (Å²) in [5.41, 5.74) is 0. The number of unbranched alkanes of at least 4 members (excludes halogenated alkanes) is 53. The number of hydrogen-bond acceptors (Lipinski definition) is 3. The van der Waals surface area contributed by atoms with Crippen LogP contribution in [0.25, 0.3) is 0 Å². The minimum Gasteiger partial charge on any atom is -0.394 e. The third-order valence-corrected chi connectivity index (χ3v) is 15.7. The number of aliphatic hydroxyl groups is 2. The van der Waals surface area contributed by atoms with Gasteiger partial charge in [0, 0.05) is 6.42 Å². The molecule has 1 amide bonds. The van der Waals surface area contributed by atoms with Crippen LogP contribution < -0.4 is 5.32 Å². The van der Waals surface area contributed by atoms with Crippen molar-refractivity contribution in [2.24, 2.45) is 0 Å². The maximum atomic E-state index is 12.5. The molecular weight excluding hydrogens is 867 g/mol. The molecule has 0 aliphatic rings. The van der Waals surface area contributed by atoms with E-state index in [2.05, 4.69) is 31.3 Å². The van der Waals surface area contributed by atoms with Crippen molar-refractivity contribution in [1.29, 1.82) is 0 Å². The lowest BCUT2D eigenvalue weighted by molar-refractivity contribution is -0.123. The van der Waals surface area contributed by atoms with Crippen LogP contribution in [0.2, 0.25) is 0 Å². The van der Waals surface area contributed by atoms with Gasteiger partial charge in [0.2, 0.25) is 5.91 Å². The highest BCUT2D eigenvalue weighted by atomic mass is 16.3. The lowest BCUT2D eigenvalue weighted by atomic mass is 10.0. The van der Waals surface area contributed by atoms with E-state index in [1.54, 1.807) is 6.08 Å². The molecule has 0 saturated heterocycles. The molecule has 0 bridgehead atoms. The van der Waals surface area contributed by atoms with Gasteiger partial charge >= 0.3 is 0 Å². The summed E-state index contributed by atoms with van der Waals surface area (Å²) in [6.07, 6.45) is 85.5. The predicted octanol–water partition coefficient (Wildman–Crippen LogP) is 22.2. The Labute approximate surface area is 447 Å². The van der Waals surface area contributed by atoms with Crippen LogP contribution in [-0.4, -0.2) is 34.9 Å². The largest absolute Gasteiger partial charge is 0.394 e. The molecule has 71 heavy (non-hydrogen) atoms. The highest BCUT2D eigenvalue weighted by Gasteiger charge is 2.18. The van der Waals surface area contributed by atoms with Gasteiger partial charge in [0.05, 0.1) is 18.8 Å². The fourth-order valence-electron chi connectivity index (χ4n) is 10.7. The predicted molar refractivity (Wildman–Crippen MR) is 318 cm³/mol. The van der Waals surface area contributed by atoms with E-state index in [1.807, 2.05) is 6.08 Å². The van der Waals surface area contributed by atoms with Gasteiger partial charge in [-0.3, -0.25) is 4.79 Å². The summed E-state index contributed by atoms with van der Waals surface area (Å²) in [6, 6.07) is -0.637. The number of carbonyl (C=O) groups is 1. The van der Waals surface area contributed by atoms with Crippen LogP contribution in [0, 0.1) is 0 Å². The molecule has 0 rings (SSSR count). The van der Waals surface area contributed by atoms with Crippen molar-refractivity contribution in [2.75, 3.05) is 6.61 Å². The van der Waals surface area contributed by atoms with E-state index < -0.39 is 12.1 Å². The van der Waals surface area contributed by atoms with Gasteiger partial charge in [-0.05, 0) is 32.1 Å². The summed E-state index contributed by atoms with van der Waals surface area (Å²) in [7, 11) is 0. The molecule has 0 radical (unpaired) electrons. The lowest BCUT2D eigenvalue weighted by Crippen LogP contribution is -2.45. The quantitative estimate of drug-likeness (QED) is 0.0420. The smallest absolute Gasteiger partial charge is 0.220 e. The number of rotatable bonds is 62. The highest BCUT2D eigenvalue weighted by molar-refractivity contribution is 5.76. The van der Waals surface area contributed by atoms with Gasteiger partial charge in [0.25, 0.3) is 0 Å². The van der Waals surface area contributed by atoms with Crippen molar-refractivity contribution >= 4 is 5.91 Å². The van der Waals surface area contributed by atoms with Gasteiger partial charge in [-0.2, -0.15) is 0 Å². The second-order valence-electron chi connectivity index (χ2n) is 22.9. The van der Waals surface area contributed by atoms with E-state index in [4.69, 9.17) is 0 Å². The molecule has 0 aromatic heterocycles. The topological polar surface area (TPSA) is 69.6 Å². The maximum Gasteiger partial charge on any atom is 0.220 e. The van der Waals surface area contributed by atoms with Gasteiger partial charge in [-0.25, -0.2) is 0 Å². The van der Waals surface area contributed by atoms with Crippen LogP contribution in [0.5, 0.6) is 0 Å². The van der Waals surface area contributed by atoms with E-state index in [-0.39, 0.29) is 12.5 Å². The number of carbonyl (C=O) groups excluding carboxylic acids is 1. The summed E-state index contributed by atoms with van der Waals surface area (Å²) >= 11 is 0. The number of aliphatic hydroxyl groups excluding tert-OH is 2. The van der Waals surface area contributed by atoms with Crippen molar-refractivity contribution in [3.05, 3.63) is 24.3 Å². The molecule has 0 aliphatic carbocycles. The van der Waals surface area contributed by atoms with E-state index in [0.29, 0.717) is 6.42 Å². The normalized spacial score (nSPS) is 12.8. The number of allylic oxidation sites excluding steroid dienone is 3. The first-order valence-corrected chi connectivity index (χ1v) is 33.1. The Kier molecular flexibility index (Phi) is 62.2. The third-order valence-electron chi connectivity index (χ3n) is 15.7. The summed E-state index contributed by atoms with van der Waals surface area (Å²) in [4.78, 5) is 12.5. The molecule has 4 nitrogen and oxygen atoms in total. The molecular formula is C67H131NO3. The Balaban J connectivity index is 3.41. The average molecular weight is 999 g/mol. The van der Waals surface area contributed by atoms with Crippen LogP contribution in [0.4, 0.5) is 0 Å². The van der Waals surface area contributed by atoms with Gasteiger partial charge < -0.3 is 15.5 Å². The Morgan fingerprint density at radius 2 is 0.549 bits per heavy atom. The highest BCUT2D eigenvalue weighted by Crippen LogP contribution is 2.19. The molecule has 3 N–H and O–H groups in total. The Morgan fingerprint density at radius 1 is 0.324 bits per heavy atom. The minimum atomic E-state index is -0.860. The molecule has 2 unspecified atom stereocenters. The van der Waals surface area contributed by atoms with E-state index >= 15 is 0 Å². The Morgan fingerprint density at radius 3 is 0.817 bits per heavy atom. The van der Waals surface area contributed by atoms with Gasteiger partial charge in [0.15, 0.2) is 0 Å². The fraction of sp³-hybridized carbons (Fsp3) is 0.925. The molecule has 422 valence electrons. The lowest BCUT2D eigenvalue weighted by Gasteiger charge is -2.19. The third kappa shape index (κ3) is 59.6. The van der Waals surface area contributed by atoms with Gasteiger partial charge in [-0.15, -0.1) is 0 Å². The molecule has 4 heteroatoms. The zero-order chi connectivity index (χ0) is 51.3. The van der Waals surface area contributed by atoms with Crippen molar-refractivity contribution in [3.8, 4) is 0 Å². The summed E-state index contributed by atoms with van der Waals surface area (Å²) in [6.45, 7) is 4.35. The minimum absolute atomic E-state index is 0.0649. The summed E-state index contributed by atoms with van der Waals surface area (Å²) in [5.74, 6) is -0.0649. The first-order chi connectivity index (χ1) is 35.2. The first-order valence-electron chi connectivity index (χ1n) is 33.1. The second kappa shape index (κ2) is 63.2. The number of nitrogens with one attached hydrogen (secondary N) is 1. The van der Waals surface area contributed by atoms with Crippen molar-refractivity contribution < 1.29 is 15.0 Å². The SMILES string of the molecule is CCCCCCCCCCCCCCCCCCC/C=C/CC/C=C/C(O)C(CO)NC(=O)CCCCCCCCCCCCCCCCCCCCCCCCCCCCCCCCCCCCCC. The van der Waals surface area contributed by atoms with Crippen molar-refractivity contribution in [2.45, 2.75) is 392 Å². The molecule has 0 saturated carbocycles. The van der Waals surface area contributed by atoms with Crippen LogP contribution in [0.1, 0.15) is 380 Å². The zero-order valence-electron chi connectivity index (χ0n) is 48.8. The summed E-state index contributed by atoms with van der Waals surface area (Å²) in [5, 5.41) is 23.2. The van der Waals surface area contributed by atoms with E-state index in [1.165, 1.54) is 327 Å². The summed E-state index contributed by atoms with van der Waals surface area (Å²) < 4.78 is 0. The number of amides is 1. The molecule has 0 fully saturated rings. The molecule has 0 heterocycles. The maximum absolute atomic E-state index is 12.5. The van der Waals surface area contributed by atoms with E-state index in [0.717, 1.165) is 32.1 Å². The van der Waals surface area contributed by atoms with Crippen LogP contribution in [0.15, 0.2) is 24.3 Å². The van der Waals surface area contributed by atoms with E-state index in [9.17, 15) is 15.0 Å². The van der Waals surface area contributed by atoms with Crippen LogP contribution in [0.3, 0.4) is 0 Å². The molecule has 0 spiro atoms. The zero-order valence-corrected chi connectivity index (χ0v) is 48.8. The monoisotopic (exact) mass is 998 g/mol. The standard InChI is InChI=1S/C67H131NO3/c1-3-5-7-9-11-13-15-17-19-21-23-25-27-28-29-30-31-32-33-34-35-36-37-38-39-41-43-45-47-49-51-53-55-57-59-61-63-67(71)68-65(64-69)66(70)62-60-58-56-54-52-50-48-46-44-42-40-26-24-22-20-18-16-14-12-10-8-6-4-2/h52,54,60,62,65-66,69-70H,3-51,53,55-59,61,63-64H2,1-2H3,(H,68,71)/b54-52+,62-60+. The second-order valence-corrected chi connectivity index (χ2v) is 22.9. The van der Waals surface area contributed by atoms with Crippen molar-refractivity contribution in [1.82, 2.24) is 5.32 Å². The Hall–Kier alpha value is -1.13. The molecule has 0 aromatic carbocycles. The molecule has 2 atom stereocenters. The van der Waals surface area contributed by atoms with Gasteiger partial charge in [-0.1, -0.05) is 366 Å². The first kappa shape index (κ1) is 69.9. The van der Waals surface area contributed by atoms with Gasteiger partial charge in [0.1, 0.15) is 0 Å². The molecule has 0 aliphatic heterocycles. The average Bonchev–Trinajstić information content (AvgIpc) is 3.37. The Bertz CT molecular complexity index is 1040. The molecule has 0 aromatic rings. The number of hydrogen-bond donors (Lipinski definition) is 3. The van der Waals surface area contributed by atoms with Crippen molar-refractivity contribution in [3.63, 3.8) is 0 Å². The van der Waals surface area contributed by atoms with Crippen LogP contribution in [-0.2, 0) is 4.79 Å². The fourth-order valence-corrected chi connectivity index (χ4v) is 10.7.